The summed E-state index contributed by atoms with van der Waals surface area (Å²) >= 11 is 0. The van der Waals surface area contributed by atoms with Crippen LogP contribution < -0.4 is 0 Å². The summed E-state index contributed by atoms with van der Waals surface area (Å²) in [4.78, 5) is 14.5. The first-order chi connectivity index (χ1) is 7.12. The smallest absolute Gasteiger partial charge is 0.211 e. The van der Waals surface area contributed by atoms with Crippen molar-refractivity contribution >= 4 is 14.2 Å². The van der Waals surface area contributed by atoms with Gasteiger partial charge in [0.15, 0.2) is 0 Å². The number of hydrogen-bond acceptors (Lipinski definition) is 2. The fourth-order valence-corrected chi connectivity index (χ4v) is 6.84. The lowest BCUT2D eigenvalue weighted by Gasteiger charge is -2.38. The minimum atomic E-state index is -1.38. The van der Waals surface area contributed by atoms with Crippen LogP contribution in [-0.2, 0) is 4.79 Å². The SMILES string of the molecule is CCC(N=C=O)[Si](C)(C)C1CCCCC1. The molecule has 0 heterocycles. The van der Waals surface area contributed by atoms with Crippen LogP contribution in [0.2, 0.25) is 18.6 Å². The summed E-state index contributed by atoms with van der Waals surface area (Å²) in [5.41, 5.74) is 1.16. The standard InChI is InChI=1S/C12H23NOSi/c1-4-12(13-10-14)15(2,3)11-8-6-5-7-9-11/h11-12H,4-9H2,1-3H3. The molecule has 1 saturated carbocycles. The zero-order valence-electron chi connectivity index (χ0n) is 10.3. The number of aliphatic imine (C=N–C) groups is 1. The number of carbonyl (C=O) groups excluding carboxylic acids is 1. The molecule has 1 fully saturated rings. The van der Waals surface area contributed by atoms with E-state index in [1.165, 1.54) is 32.1 Å². The van der Waals surface area contributed by atoms with Gasteiger partial charge in [0.2, 0.25) is 6.08 Å². The van der Waals surface area contributed by atoms with Crippen molar-refractivity contribution in [1.82, 2.24) is 0 Å². The van der Waals surface area contributed by atoms with E-state index in [1.807, 2.05) is 0 Å². The van der Waals surface area contributed by atoms with Gasteiger partial charge >= 0.3 is 0 Å². The number of rotatable bonds is 4. The molecule has 0 bridgehead atoms. The molecule has 0 saturated heterocycles. The molecule has 2 nitrogen and oxygen atoms in total. The topological polar surface area (TPSA) is 29.4 Å². The third-order valence-electron chi connectivity index (χ3n) is 4.11. The van der Waals surface area contributed by atoms with Crippen LogP contribution in [0.3, 0.4) is 0 Å². The second-order valence-corrected chi connectivity index (χ2v) is 10.4. The van der Waals surface area contributed by atoms with Crippen molar-refractivity contribution in [2.24, 2.45) is 4.99 Å². The summed E-state index contributed by atoms with van der Waals surface area (Å²) in [5, 5.41) is 0. The summed E-state index contributed by atoms with van der Waals surface area (Å²) in [5.74, 6) is 0. The Balaban J connectivity index is 2.72. The van der Waals surface area contributed by atoms with Gasteiger partial charge < -0.3 is 0 Å². The van der Waals surface area contributed by atoms with Gasteiger partial charge in [0, 0.05) is 0 Å². The molecular formula is C12H23NOSi. The van der Waals surface area contributed by atoms with Crippen molar-refractivity contribution in [1.29, 1.82) is 0 Å². The molecule has 1 atom stereocenters. The maximum absolute atomic E-state index is 10.4. The summed E-state index contributed by atoms with van der Waals surface area (Å²) < 4.78 is 0. The zero-order chi connectivity index (χ0) is 11.3. The van der Waals surface area contributed by atoms with E-state index < -0.39 is 8.07 Å². The van der Waals surface area contributed by atoms with Gasteiger partial charge in [-0.1, -0.05) is 52.1 Å². The Labute approximate surface area is 94.2 Å². The highest BCUT2D eigenvalue weighted by Gasteiger charge is 2.38. The Morgan fingerprint density at radius 3 is 2.40 bits per heavy atom. The monoisotopic (exact) mass is 225 g/mol. The summed E-state index contributed by atoms with van der Waals surface area (Å²) in [6.45, 7) is 6.94. The normalized spacial score (nSPS) is 20.7. The van der Waals surface area contributed by atoms with E-state index in [0.717, 1.165) is 12.0 Å². The Morgan fingerprint density at radius 2 is 1.93 bits per heavy atom. The molecule has 0 aliphatic heterocycles. The average molecular weight is 225 g/mol. The van der Waals surface area contributed by atoms with Gasteiger partial charge in [-0.05, 0) is 12.0 Å². The molecule has 1 aliphatic rings. The lowest BCUT2D eigenvalue weighted by atomic mass is 10.0. The molecule has 86 valence electrons. The maximum Gasteiger partial charge on any atom is 0.234 e. The highest BCUT2D eigenvalue weighted by atomic mass is 28.3. The molecule has 0 N–H and O–H groups in total. The van der Waals surface area contributed by atoms with Gasteiger partial charge in [0.05, 0.1) is 13.7 Å². The molecule has 0 spiro atoms. The molecule has 0 aromatic heterocycles. The third kappa shape index (κ3) is 3.02. The minimum Gasteiger partial charge on any atom is -0.211 e. The second kappa shape index (κ2) is 5.62. The first-order valence-electron chi connectivity index (χ1n) is 6.20. The van der Waals surface area contributed by atoms with Crippen LogP contribution in [0.15, 0.2) is 4.99 Å². The van der Waals surface area contributed by atoms with E-state index >= 15 is 0 Å². The fourth-order valence-electron chi connectivity index (χ4n) is 2.97. The molecular weight excluding hydrogens is 202 g/mol. The van der Waals surface area contributed by atoms with E-state index in [-0.39, 0.29) is 5.67 Å². The highest BCUT2D eigenvalue weighted by molar-refractivity contribution is 6.80. The van der Waals surface area contributed by atoms with Crippen LogP contribution in [0.4, 0.5) is 0 Å². The van der Waals surface area contributed by atoms with Gasteiger partial charge in [0.1, 0.15) is 0 Å². The molecule has 0 amide bonds. The Morgan fingerprint density at radius 1 is 1.33 bits per heavy atom. The predicted octanol–water partition coefficient (Wildman–Crippen LogP) is 3.68. The van der Waals surface area contributed by atoms with Gasteiger partial charge in [0.25, 0.3) is 0 Å². The quantitative estimate of drug-likeness (QED) is 0.408. The molecule has 3 heteroatoms. The van der Waals surface area contributed by atoms with Gasteiger partial charge in [-0.15, -0.1) is 0 Å². The third-order valence-corrected chi connectivity index (χ3v) is 9.05. The van der Waals surface area contributed by atoms with Crippen molar-refractivity contribution < 1.29 is 4.79 Å². The first-order valence-corrected chi connectivity index (χ1v) is 9.35. The van der Waals surface area contributed by atoms with Crippen LogP contribution >= 0.6 is 0 Å². The van der Waals surface area contributed by atoms with E-state index in [1.54, 1.807) is 6.08 Å². The van der Waals surface area contributed by atoms with Crippen molar-refractivity contribution in [2.45, 2.75) is 69.7 Å². The molecule has 0 aromatic rings. The molecule has 0 aromatic carbocycles. The lowest BCUT2D eigenvalue weighted by Crippen LogP contribution is -2.45. The zero-order valence-corrected chi connectivity index (χ0v) is 11.3. The van der Waals surface area contributed by atoms with Crippen LogP contribution in [0.25, 0.3) is 0 Å². The Bertz CT molecular complexity index is 240. The van der Waals surface area contributed by atoms with Gasteiger partial charge in [-0.2, -0.15) is 0 Å². The van der Waals surface area contributed by atoms with Crippen LogP contribution in [0.1, 0.15) is 45.4 Å². The molecule has 15 heavy (non-hydrogen) atoms. The van der Waals surface area contributed by atoms with Crippen molar-refractivity contribution in [3.05, 3.63) is 0 Å². The van der Waals surface area contributed by atoms with Crippen molar-refractivity contribution in [3.8, 4) is 0 Å². The van der Waals surface area contributed by atoms with E-state index in [0.29, 0.717) is 0 Å². The summed E-state index contributed by atoms with van der Waals surface area (Å²) in [6.07, 6.45) is 9.66. The fraction of sp³-hybridized carbons (Fsp3) is 0.917. The minimum absolute atomic E-state index is 0.290. The highest BCUT2D eigenvalue weighted by Crippen LogP contribution is 2.39. The average Bonchev–Trinajstić information content (AvgIpc) is 2.27. The van der Waals surface area contributed by atoms with E-state index in [9.17, 15) is 4.79 Å². The molecule has 1 unspecified atom stereocenters. The first kappa shape index (κ1) is 12.7. The Hall–Kier alpha value is -0.403. The van der Waals surface area contributed by atoms with Crippen molar-refractivity contribution in [3.63, 3.8) is 0 Å². The maximum atomic E-state index is 10.4. The Kier molecular flexibility index (Phi) is 4.74. The van der Waals surface area contributed by atoms with Gasteiger partial charge in [-0.25, -0.2) is 9.79 Å². The van der Waals surface area contributed by atoms with Crippen LogP contribution in [0, 0.1) is 0 Å². The number of nitrogens with zero attached hydrogens (tertiary/aromatic N) is 1. The van der Waals surface area contributed by atoms with Crippen LogP contribution in [0.5, 0.6) is 0 Å². The second-order valence-electron chi connectivity index (χ2n) is 5.30. The predicted molar refractivity (Wildman–Crippen MR) is 66.5 cm³/mol. The molecule has 1 rings (SSSR count). The van der Waals surface area contributed by atoms with Gasteiger partial charge in [-0.3, -0.25) is 0 Å². The van der Waals surface area contributed by atoms with Crippen LogP contribution in [-0.4, -0.2) is 19.8 Å². The van der Waals surface area contributed by atoms with E-state index in [2.05, 4.69) is 25.0 Å². The summed E-state index contributed by atoms with van der Waals surface area (Å²) in [6, 6.07) is 0. The lowest BCUT2D eigenvalue weighted by molar-refractivity contribution is 0.485. The molecule has 1 aliphatic carbocycles. The molecule has 0 radical (unpaired) electrons. The van der Waals surface area contributed by atoms with E-state index in [4.69, 9.17) is 0 Å². The largest absolute Gasteiger partial charge is 0.234 e. The number of isocyanates is 1. The summed E-state index contributed by atoms with van der Waals surface area (Å²) in [7, 11) is -1.38. The number of hydrogen-bond donors (Lipinski definition) is 0. The van der Waals surface area contributed by atoms with Crippen molar-refractivity contribution in [2.75, 3.05) is 0 Å².